The van der Waals surface area contributed by atoms with Gasteiger partial charge in [0.05, 0.1) is 12.8 Å². The summed E-state index contributed by atoms with van der Waals surface area (Å²) in [5, 5.41) is 2.87. The Bertz CT molecular complexity index is 977. The van der Waals surface area contributed by atoms with E-state index in [0.29, 0.717) is 18.9 Å². The van der Waals surface area contributed by atoms with Crippen molar-refractivity contribution >= 4 is 5.91 Å². The molecule has 0 saturated heterocycles. The van der Waals surface area contributed by atoms with E-state index in [4.69, 9.17) is 9.15 Å². The van der Waals surface area contributed by atoms with Crippen molar-refractivity contribution in [1.29, 1.82) is 0 Å². The number of ether oxygens (including phenoxy) is 1. The Balaban J connectivity index is 1.36. The summed E-state index contributed by atoms with van der Waals surface area (Å²) in [7, 11) is 0. The lowest BCUT2D eigenvalue weighted by atomic mass is 10.2. The first-order valence-electron chi connectivity index (χ1n) is 8.74. The monoisotopic (exact) mass is 361 g/mol. The molecule has 0 radical (unpaired) electrons. The SMILES string of the molecule is O=C(Cn1cccc2cc(-c3ccco3)nc1-2)NCCOc1ccccc1. The van der Waals surface area contributed by atoms with E-state index in [2.05, 4.69) is 10.3 Å². The minimum absolute atomic E-state index is 0.0910. The number of nitrogens with zero attached hydrogens (tertiary/aromatic N) is 2. The van der Waals surface area contributed by atoms with Crippen molar-refractivity contribution in [3.63, 3.8) is 0 Å². The van der Waals surface area contributed by atoms with Crippen LogP contribution in [0.15, 0.2) is 77.5 Å². The van der Waals surface area contributed by atoms with E-state index < -0.39 is 0 Å². The van der Waals surface area contributed by atoms with Gasteiger partial charge in [-0.1, -0.05) is 18.2 Å². The standard InChI is InChI=1S/C21H19N3O3/c25-20(22-10-13-26-17-7-2-1-3-8-17)15-24-11-4-6-16-14-18(23-21(16)24)19-9-5-12-27-19/h1-9,11-12,14H,10,13,15H2,(H,22,25). The highest BCUT2D eigenvalue weighted by atomic mass is 16.5. The molecule has 1 amide bonds. The van der Waals surface area contributed by atoms with Crippen LogP contribution in [0.5, 0.6) is 5.75 Å². The number of benzene rings is 1. The Morgan fingerprint density at radius 1 is 1.11 bits per heavy atom. The Kier molecular flexibility index (Phi) is 4.87. The minimum Gasteiger partial charge on any atom is -0.492 e. The molecule has 0 unspecified atom stereocenters. The quantitative estimate of drug-likeness (QED) is 0.512. The number of carbonyl (C=O) groups is 1. The Labute approximate surface area is 156 Å². The number of amides is 1. The van der Waals surface area contributed by atoms with Crippen molar-refractivity contribution in [3.05, 3.63) is 73.1 Å². The number of carbonyl (C=O) groups excluding carboxylic acids is 1. The maximum absolute atomic E-state index is 12.3. The third-order valence-electron chi connectivity index (χ3n) is 4.11. The predicted octanol–water partition coefficient (Wildman–Crippen LogP) is 3.44. The first-order valence-corrected chi connectivity index (χ1v) is 8.74. The summed E-state index contributed by atoms with van der Waals surface area (Å²) in [5.41, 5.74) is 1.72. The van der Waals surface area contributed by atoms with E-state index in [9.17, 15) is 4.79 Å². The number of rotatable bonds is 7. The van der Waals surface area contributed by atoms with Gasteiger partial charge >= 0.3 is 0 Å². The predicted molar refractivity (Wildman–Crippen MR) is 101 cm³/mol. The molecule has 2 aromatic rings. The van der Waals surface area contributed by atoms with Gasteiger partial charge in [-0.25, -0.2) is 4.98 Å². The molecule has 0 spiro atoms. The van der Waals surface area contributed by atoms with Crippen LogP contribution in [0.2, 0.25) is 0 Å². The third-order valence-corrected chi connectivity index (χ3v) is 4.11. The smallest absolute Gasteiger partial charge is 0.240 e. The summed E-state index contributed by atoms with van der Waals surface area (Å²) in [4.78, 5) is 16.9. The highest BCUT2D eigenvalue weighted by molar-refractivity contribution is 5.77. The minimum atomic E-state index is -0.0910. The lowest BCUT2D eigenvalue weighted by Crippen LogP contribution is -2.31. The number of pyridine rings is 1. The van der Waals surface area contributed by atoms with Gasteiger partial charge in [-0.15, -0.1) is 0 Å². The number of hydrogen-bond acceptors (Lipinski definition) is 4. The van der Waals surface area contributed by atoms with Gasteiger partial charge in [0.2, 0.25) is 5.91 Å². The molecule has 0 saturated carbocycles. The normalized spacial score (nSPS) is 10.8. The van der Waals surface area contributed by atoms with Crippen LogP contribution >= 0.6 is 0 Å². The molecule has 1 aromatic heterocycles. The zero-order chi connectivity index (χ0) is 18.5. The van der Waals surface area contributed by atoms with Crippen LogP contribution in [0.1, 0.15) is 0 Å². The highest BCUT2D eigenvalue weighted by Crippen LogP contribution is 2.28. The maximum Gasteiger partial charge on any atom is 0.240 e. The summed E-state index contributed by atoms with van der Waals surface area (Å²) < 4.78 is 12.8. The van der Waals surface area contributed by atoms with Gasteiger partial charge in [-0.2, -0.15) is 0 Å². The van der Waals surface area contributed by atoms with E-state index in [1.54, 1.807) is 6.26 Å². The second-order valence-corrected chi connectivity index (χ2v) is 6.05. The number of hydrogen-bond donors (Lipinski definition) is 1. The van der Waals surface area contributed by atoms with E-state index in [-0.39, 0.29) is 12.5 Å². The van der Waals surface area contributed by atoms with Crippen LogP contribution in [-0.2, 0) is 11.3 Å². The van der Waals surface area contributed by atoms with Gasteiger partial charge in [0, 0.05) is 11.8 Å². The van der Waals surface area contributed by atoms with Gasteiger partial charge in [0.25, 0.3) is 0 Å². The molecule has 6 heteroatoms. The summed E-state index contributed by atoms with van der Waals surface area (Å²) in [5.74, 6) is 2.16. The van der Waals surface area contributed by atoms with E-state index in [1.165, 1.54) is 0 Å². The molecule has 0 bridgehead atoms. The van der Waals surface area contributed by atoms with Crippen molar-refractivity contribution < 1.29 is 13.9 Å². The second-order valence-electron chi connectivity index (χ2n) is 6.05. The number of fused-ring (bicyclic) bond motifs is 1. The number of nitrogens with one attached hydrogen (secondary N) is 1. The van der Waals surface area contributed by atoms with Crippen LogP contribution in [-0.4, -0.2) is 28.6 Å². The summed E-state index contributed by atoms with van der Waals surface area (Å²) in [6.07, 6.45) is 3.47. The average molecular weight is 361 g/mol. The summed E-state index contributed by atoms with van der Waals surface area (Å²) in [6.45, 7) is 1.05. The largest absolute Gasteiger partial charge is 0.492 e. The van der Waals surface area contributed by atoms with Gasteiger partial charge < -0.3 is 19.0 Å². The van der Waals surface area contributed by atoms with Gasteiger partial charge in [-0.3, -0.25) is 4.79 Å². The van der Waals surface area contributed by atoms with Gasteiger partial charge in [0.1, 0.15) is 30.4 Å². The van der Waals surface area contributed by atoms with Gasteiger partial charge in [-0.05, 0) is 42.5 Å². The molecule has 0 fully saturated rings. The lowest BCUT2D eigenvalue weighted by molar-refractivity contribution is -0.121. The average Bonchev–Trinajstić information content (AvgIpc) is 3.36. The molecule has 2 aliphatic rings. The fraction of sp³-hybridized carbons (Fsp3) is 0.143. The first-order chi connectivity index (χ1) is 13.3. The maximum atomic E-state index is 12.3. The molecule has 6 nitrogen and oxygen atoms in total. The van der Waals surface area contributed by atoms with Crippen molar-refractivity contribution in [1.82, 2.24) is 14.9 Å². The van der Waals surface area contributed by atoms with E-state index in [1.807, 2.05) is 71.4 Å². The Morgan fingerprint density at radius 2 is 2.00 bits per heavy atom. The topological polar surface area (TPSA) is 69.3 Å². The van der Waals surface area contributed by atoms with Crippen molar-refractivity contribution in [2.75, 3.05) is 13.2 Å². The lowest BCUT2D eigenvalue weighted by Gasteiger charge is -2.12. The first kappa shape index (κ1) is 16.9. The van der Waals surface area contributed by atoms with Crippen molar-refractivity contribution in [2.24, 2.45) is 0 Å². The number of para-hydroxylation sites is 1. The number of aromatic nitrogens is 2. The molecule has 2 aliphatic heterocycles. The molecule has 27 heavy (non-hydrogen) atoms. The molecule has 1 N–H and O–H groups in total. The third kappa shape index (κ3) is 4.00. The van der Waals surface area contributed by atoms with Crippen LogP contribution in [0, 0.1) is 0 Å². The molecule has 0 atom stereocenters. The Hall–Kier alpha value is -3.54. The zero-order valence-corrected chi connectivity index (χ0v) is 14.7. The molecular weight excluding hydrogens is 342 g/mol. The van der Waals surface area contributed by atoms with Gasteiger partial charge in [0.15, 0.2) is 5.76 Å². The van der Waals surface area contributed by atoms with Crippen LogP contribution in [0.3, 0.4) is 0 Å². The second kappa shape index (κ2) is 7.78. The molecule has 136 valence electrons. The molecule has 0 aliphatic carbocycles. The zero-order valence-electron chi connectivity index (χ0n) is 14.7. The van der Waals surface area contributed by atoms with E-state index in [0.717, 1.165) is 22.8 Å². The van der Waals surface area contributed by atoms with Crippen molar-refractivity contribution in [2.45, 2.75) is 6.54 Å². The molecule has 3 heterocycles. The van der Waals surface area contributed by atoms with Crippen LogP contribution in [0.25, 0.3) is 22.8 Å². The molecular formula is C21H19N3O3. The highest BCUT2D eigenvalue weighted by Gasteiger charge is 2.16. The van der Waals surface area contributed by atoms with Crippen LogP contribution in [0.4, 0.5) is 0 Å². The molecule has 4 rings (SSSR count). The fourth-order valence-electron chi connectivity index (χ4n) is 2.86. The Morgan fingerprint density at radius 3 is 2.81 bits per heavy atom. The fourth-order valence-corrected chi connectivity index (χ4v) is 2.86. The van der Waals surface area contributed by atoms with Crippen molar-refractivity contribution in [3.8, 4) is 28.6 Å². The summed E-state index contributed by atoms with van der Waals surface area (Å²) >= 11 is 0. The van der Waals surface area contributed by atoms with Crippen LogP contribution < -0.4 is 10.1 Å². The van der Waals surface area contributed by atoms with E-state index >= 15 is 0 Å². The molecule has 1 aromatic carbocycles. The summed E-state index contributed by atoms with van der Waals surface area (Å²) in [6, 6.07) is 19.0. The number of furan rings is 1.